The van der Waals surface area contributed by atoms with Crippen molar-refractivity contribution >= 4 is 22.7 Å². The number of aromatic amines is 1. The Bertz CT molecular complexity index is 1270. The summed E-state index contributed by atoms with van der Waals surface area (Å²) in [6.45, 7) is 5.94. The molecule has 5 rings (SSSR count). The predicted molar refractivity (Wildman–Crippen MR) is 134 cm³/mol. The first-order valence-corrected chi connectivity index (χ1v) is 12.6. The average molecular weight is 460 g/mol. The lowest BCUT2D eigenvalue weighted by Gasteiger charge is -2.31. The lowest BCUT2D eigenvalue weighted by molar-refractivity contribution is 0.224. The van der Waals surface area contributed by atoms with Gasteiger partial charge in [-0.25, -0.2) is 4.98 Å². The molecule has 1 N–H and O–H groups in total. The first-order valence-electron chi connectivity index (χ1n) is 11.5. The van der Waals surface area contributed by atoms with Crippen molar-refractivity contribution in [3.05, 3.63) is 93.8 Å². The summed E-state index contributed by atoms with van der Waals surface area (Å²) in [5.41, 5.74) is 4.36. The Balaban J connectivity index is 1.11. The van der Waals surface area contributed by atoms with Crippen molar-refractivity contribution in [3.63, 3.8) is 0 Å². The highest BCUT2D eigenvalue weighted by Crippen LogP contribution is 2.26. The van der Waals surface area contributed by atoms with Gasteiger partial charge in [0.15, 0.2) is 0 Å². The Kier molecular flexibility index (Phi) is 6.60. The lowest BCUT2D eigenvalue weighted by Crippen LogP contribution is -2.34. The largest absolute Gasteiger partial charge is 0.309 e. The fraction of sp³-hybridized carbons (Fsp3) is 0.346. The van der Waals surface area contributed by atoms with Crippen LogP contribution in [-0.4, -0.2) is 43.0 Å². The van der Waals surface area contributed by atoms with Gasteiger partial charge in [0, 0.05) is 23.6 Å². The summed E-state index contributed by atoms with van der Waals surface area (Å²) < 4.78 is 2.02. The fourth-order valence-corrected chi connectivity index (χ4v) is 5.53. The SMILES string of the molecule is Cc1cccc2c(=O)[nH]c(CSC3CCN(Cc4cnn(Cc5ccccc5)c4)CC3)nc12. The number of nitrogens with zero attached hydrogens (tertiary/aromatic N) is 4. The molecule has 0 bridgehead atoms. The maximum absolute atomic E-state index is 12.4. The van der Waals surface area contributed by atoms with Crippen LogP contribution in [0.5, 0.6) is 0 Å². The zero-order valence-electron chi connectivity index (χ0n) is 18.9. The minimum Gasteiger partial charge on any atom is -0.309 e. The molecule has 3 heterocycles. The number of piperidine rings is 1. The highest BCUT2D eigenvalue weighted by Gasteiger charge is 2.20. The first-order chi connectivity index (χ1) is 16.1. The number of aryl methyl sites for hydroxylation is 1. The van der Waals surface area contributed by atoms with Crippen molar-refractivity contribution in [1.82, 2.24) is 24.6 Å². The van der Waals surface area contributed by atoms with Crippen molar-refractivity contribution < 1.29 is 0 Å². The van der Waals surface area contributed by atoms with Gasteiger partial charge in [-0.2, -0.15) is 16.9 Å². The minimum atomic E-state index is -0.0399. The molecule has 1 fully saturated rings. The number of hydrogen-bond donors (Lipinski definition) is 1. The van der Waals surface area contributed by atoms with Crippen molar-refractivity contribution in [1.29, 1.82) is 0 Å². The molecule has 6 nitrogen and oxygen atoms in total. The molecule has 0 atom stereocenters. The fourth-order valence-electron chi connectivity index (χ4n) is 4.45. The number of para-hydroxylation sites is 1. The van der Waals surface area contributed by atoms with Crippen LogP contribution in [-0.2, 0) is 18.8 Å². The summed E-state index contributed by atoms with van der Waals surface area (Å²) in [6.07, 6.45) is 6.46. The second-order valence-electron chi connectivity index (χ2n) is 8.80. The lowest BCUT2D eigenvalue weighted by atomic mass is 10.1. The molecule has 0 aliphatic carbocycles. The maximum Gasteiger partial charge on any atom is 0.258 e. The molecule has 7 heteroatoms. The van der Waals surface area contributed by atoms with Crippen molar-refractivity contribution in [2.75, 3.05) is 13.1 Å². The standard InChI is InChI=1S/C26H29N5OS/c1-19-6-5-9-23-25(19)28-24(29-26(23)32)18-33-22-10-12-30(13-11-22)15-21-14-27-31(17-21)16-20-7-3-2-4-8-20/h2-9,14,17,22H,10-13,15-16,18H2,1H3,(H,28,29,32). The van der Waals surface area contributed by atoms with E-state index < -0.39 is 0 Å². The molecule has 0 saturated carbocycles. The van der Waals surface area contributed by atoms with Crippen LogP contribution in [0, 0.1) is 6.92 Å². The molecule has 0 unspecified atom stereocenters. The normalized spacial score (nSPS) is 15.3. The molecule has 170 valence electrons. The third kappa shape index (κ3) is 5.37. The van der Waals surface area contributed by atoms with E-state index in [1.54, 1.807) is 0 Å². The number of nitrogens with one attached hydrogen (secondary N) is 1. The van der Waals surface area contributed by atoms with Gasteiger partial charge in [0.2, 0.25) is 0 Å². The number of benzene rings is 2. The smallest absolute Gasteiger partial charge is 0.258 e. The van der Waals surface area contributed by atoms with Gasteiger partial charge in [0.1, 0.15) is 5.82 Å². The van der Waals surface area contributed by atoms with E-state index >= 15 is 0 Å². The number of rotatable bonds is 7. The van der Waals surface area contributed by atoms with Crippen LogP contribution >= 0.6 is 11.8 Å². The summed E-state index contributed by atoms with van der Waals surface area (Å²) >= 11 is 1.91. The van der Waals surface area contributed by atoms with Crippen molar-refractivity contribution in [2.24, 2.45) is 0 Å². The van der Waals surface area contributed by atoms with Crippen LogP contribution in [0.2, 0.25) is 0 Å². The van der Waals surface area contributed by atoms with Crippen molar-refractivity contribution in [3.8, 4) is 0 Å². The molecule has 1 aliphatic rings. The molecule has 33 heavy (non-hydrogen) atoms. The Morgan fingerprint density at radius 1 is 1.03 bits per heavy atom. The first kappa shape index (κ1) is 21.9. The highest BCUT2D eigenvalue weighted by molar-refractivity contribution is 7.99. The van der Waals surface area contributed by atoms with Crippen LogP contribution < -0.4 is 5.56 Å². The molecule has 4 aromatic rings. The van der Waals surface area contributed by atoms with E-state index in [1.165, 1.54) is 11.1 Å². The van der Waals surface area contributed by atoms with E-state index in [4.69, 9.17) is 4.98 Å². The van der Waals surface area contributed by atoms with Gasteiger partial charge in [-0.05, 0) is 50.0 Å². The molecule has 1 saturated heterocycles. The zero-order chi connectivity index (χ0) is 22.6. The van der Waals surface area contributed by atoms with Gasteiger partial charge in [0.25, 0.3) is 5.56 Å². The molecule has 0 spiro atoms. The van der Waals surface area contributed by atoms with Gasteiger partial charge in [-0.1, -0.05) is 42.5 Å². The molecule has 2 aromatic carbocycles. The number of H-pyrrole nitrogens is 1. The quantitative estimate of drug-likeness (QED) is 0.444. The number of thioether (sulfide) groups is 1. The van der Waals surface area contributed by atoms with E-state index in [-0.39, 0.29) is 5.56 Å². The topological polar surface area (TPSA) is 66.8 Å². The average Bonchev–Trinajstić information content (AvgIpc) is 3.26. The van der Waals surface area contributed by atoms with Gasteiger partial charge >= 0.3 is 0 Å². The number of likely N-dealkylation sites (tertiary alicyclic amines) is 1. The van der Waals surface area contributed by atoms with E-state index in [2.05, 4.69) is 45.4 Å². The molecular weight excluding hydrogens is 430 g/mol. The van der Waals surface area contributed by atoms with E-state index in [9.17, 15) is 4.79 Å². The third-order valence-electron chi connectivity index (χ3n) is 6.26. The van der Waals surface area contributed by atoms with E-state index in [1.807, 2.05) is 53.8 Å². The molecule has 0 radical (unpaired) electrons. The highest BCUT2D eigenvalue weighted by atomic mass is 32.2. The third-order valence-corrected chi connectivity index (χ3v) is 7.64. The van der Waals surface area contributed by atoms with E-state index in [0.29, 0.717) is 10.6 Å². The number of aromatic nitrogens is 4. The molecule has 0 amide bonds. The monoisotopic (exact) mass is 459 g/mol. The molecular formula is C26H29N5OS. The Hall–Kier alpha value is -2.90. The van der Waals surface area contributed by atoms with Crippen LogP contribution in [0.4, 0.5) is 0 Å². The van der Waals surface area contributed by atoms with Gasteiger partial charge < -0.3 is 4.98 Å². The van der Waals surface area contributed by atoms with Crippen LogP contribution in [0.25, 0.3) is 10.9 Å². The Morgan fingerprint density at radius 2 is 1.85 bits per heavy atom. The molecule has 2 aromatic heterocycles. The van der Waals surface area contributed by atoms with Crippen LogP contribution in [0.15, 0.2) is 65.7 Å². The second-order valence-corrected chi connectivity index (χ2v) is 10.1. The predicted octanol–water partition coefficient (Wildman–Crippen LogP) is 4.37. The van der Waals surface area contributed by atoms with Crippen molar-refractivity contribution in [2.45, 2.75) is 43.9 Å². The second kappa shape index (κ2) is 9.93. The Labute approximate surface area is 198 Å². The maximum atomic E-state index is 12.4. The van der Waals surface area contributed by atoms with Gasteiger partial charge in [-0.3, -0.25) is 14.4 Å². The summed E-state index contributed by atoms with van der Waals surface area (Å²) in [6, 6.07) is 16.2. The van der Waals surface area contributed by atoms with Crippen LogP contribution in [0.1, 0.15) is 35.4 Å². The molecule has 1 aliphatic heterocycles. The van der Waals surface area contributed by atoms with Gasteiger partial charge in [-0.15, -0.1) is 0 Å². The van der Waals surface area contributed by atoms with Gasteiger partial charge in [0.05, 0.1) is 29.4 Å². The summed E-state index contributed by atoms with van der Waals surface area (Å²) in [5.74, 6) is 1.52. The summed E-state index contributed by atoms with van der Waals surface area (Å²) in [7, 11) is 0. The Morgan fingerprint density at radius 3 is 2.67 bits per heavy atom. The minimum absolute atomic E-state index is 0.0399. The van der Waals surface area contributed by atoms with Crippen LogP contribution in [0.3, 0.4) is 0 Å². The van der Waals surface area contributed by atoms with E-state index in [0.717, 1.165) is 61.7 Å². The zero-order valence-corrected chi connectivity index (χ0v) is 19.7. The summed E-state index contributed by atoms with van der Waals surface area (Å²) in [4.78, 5) is 22.6. The number of hydrogen-bond acceptors (Lipinski definition) is 5. The summed E-state index contributed by atoms with van der Waals surface area (Å²) in [5, 5.41) is 5.81. The number of fused-ring (bicyclic) bond motifs is 1.